The normalized spacial score (nSPS) is 11.8. The first kappa shape index (κ1) is 80.9. The fraction of sp³-hybridized carbons (Fsp3) is 0. The van der Waals surface area contributed by atoms with E-state index in [-0.39, 0.29) is 0 Å². The molecule has 0 aliphatic heterocycles. The average Bonchev–Trinajstić information content (AvgIpc) is 1.60. The van der Waals surface area contributed by atoms with E-state index in [4.69, 9.17) is 13.3 Å². The predicted octanol–water partition coefficient (Wildman–Crippen LogP) is 39.6. The van der Waals surface area contributed by atoms with Crippen LogP contribution in [0.2, 0.25) is 0 Å². The molecule has 0 aliphatic rings. The van der Waals surface area contributed by atoms with E-state index in [1.165, 1.54) is 224 Å². The third-order valence-corrected chi connectivity index (χ3v) is 29.5. The Balaban J connectivity index is 0.000000104. The topological polar surface area (TPSA) is 39.4 Å². The predicted molar refractivity (Wildman–Crippen MR) is 600 cm³/mol. The molecule has 27 aromatic carbocycles. The molecule has 0 amide bonds. The zero-order chi connectivity index (χ0) is 92.7. The molecule has 0 aliphatic carbocycles. The molecule has 0 fully saturated rings. The van der Waals surface area contributed by atoms with Crippen LogP contribution in [0.25, 0.3) is 295 Å². The van der Waals surface area contributed by atoms with Crippen molar-refractivity contribution < 1.29 is 13.3 Å². The molecule has 3 heteroatoms. The molecule has 30 rings (SSSR count). The van der Waals surface area contributed by atoms with E-state index in [9.17, 15) is 0 Å². The van der Waals surface area contributed by atoms with Crippen LogP contribution in [0, 0.1) is 0 Å². The van der Waals surface area contributed by atoms with Crippen LogP contribution in [0.4, 0.5) is 0 Å². The highest BCUT2D eigenvalue weighted by Gasteiger charge is 2.26. The molecule has 0 spiro atoms. The highest BCUT2D eigenvalue weighted by molar-refractivity contribution is 6.30. The van der Waals surface area contributed by atoms with Gasteiger partial charge in [0.15, 0.2) is 0 Å². The Kier molecular flexibility index (Phi) is 19.0. The minimum absolute atomic E-state index is 0.900. The van der Waals surface area contributed by atoms with Gasteiger partial charge in [0.05, 0.1) is 0 Å². The second-order valence-electron chi connectivity index (χ2n) is 37.2. The summed E-state index contributed by atoms with van der Waals surface area (Å²) in [5, 5.41) is 37.0. The van der Waals surface area contributed by atoms with Crippen molar-refractivity contribution in [2.75, 3.05) is 0 Å². The lowest BCUT2D eigenvalue weighted by Crippen LogP contribution is -1.91. The van der Waals surface area contributed by atoms with Crippen molar-refractivity contribution in [2.24, 2.45) is 0 Å². The van der Waals surface area contributed by atoms with Crippen LogP contribution in [0.1, 0.15) is 0 Å². The van der Waals surface area contributed by atoms with Crippen LogP contribution >= 0.6 is 0 Å². The molecule has 0 radical (unpaired) electrons. The minimum atomic E-state index is 0.900. The van der Waals surface area contributed by atoms with Crippen LogP contribution in [0.3, 0.4) is 0 Å². The highest BCUT2D eigenvalue weighted by atomic mass is 16.3. The van der Waals surface area contributed by atoms with Gasteiger partial charge in [0, 0.05) is 32.3 Å². The van der Waals surface area contributed by atoms with Crippen molar-refractivity contribution in [3.05, 3.63) is 510 Å². The second kappa shape index (κ2) is 33.2. The molecule has 0 saturated heterocycles. The van der Waals surface area contributed by atoms with Gasteiger partial charge in [0.1, 0.15) is 33.5 Å². The maximum atomic E-state index is 6.64. The van der Waals surface area contributed by atoms with Crippen LogP contribution < -0.4 is 0 Å². The van der Waals surface area contributed by atoms with E-state index < -0.39 is 0 Å². The van der Waals surface area contributed by atoms with Gasteiger partial charge in [-0.2, -0.15) is 0 Å². The van der Waals surface area contributed by atoms with Gasteiger partial charge in [-0.1, -0.05) is 431 Å². The van der Waals surface area contributed by atoms with Crippen molar-refractivity contribution in [1.82, 2.24) is 0 Å². The molecule has 0 bridgehead atoms. The quantitative estimate of drug-likeness (QED) is 0.107. The zero-order valence-corrected chi connectivity index (χ0v) is 76.7. The Labute approximate surface area is 812 Å². The Morgan fingerprint density at radius 1 is 0.0993 bits per heavy atom. The van der Waals surface area contributed by atoms with Crippen molar-refractivity contribution in [3.63, 3.8) is 0 Å². The lowest BCUT2D eigenvalue weighted by atomic mass is 9.84. The highest BCUT2D eigenvalue weighted by Crippen LogP contribution is 2.53. The van der Waals surface area contributed by atoms with Gasteiger partial charge in [-0.25, -0.2) is 0 Å². The molecule has 654 valence electrons. The fourth-order valence-corrected chi connectivity index (χ4v) is 23.3. The first-order chi connectivity index (χ1) is 70.0. The molecule has 30 aromatic rings. The molecule has 0 unspecified atom stereocenters. The first-order valence-corrected chi connectivity index (χ1v) is 48.6. The van der Waals surface area contributed by atoms with Crippen molar-refractivity contribution in [1.29, 1.82) is 0 Å². The number of benzene rings is 27. The molecule has 3 heterocycles. The lowest BCUT2D eigenvalue weighted by Gasteiger charge is -2.18. The Hall–Kier alpha value is -18.5. The zero-order valence-electron chi connectivity index (χ0n) is 76.7. The van der Waals surface area contributed by atoms with E-state index >= 15 is 0 Å². The van der Waals surface area contributed by atoms with Crippen LogP contribution in [0.15, 0.2) is 523 Å². The Morgan fingerprint density at radius 2 is 0.362 bits per heavy atom. The van der Waals surface area contributed by atoms with E-state index in [1.807, 2.05) is 0 Å². The van der Waals surface area contributed by atoms with Gasteiger partial charge < -0.3 is 13.3 Å². The van der Waals surface area contributed by atoms with Crippen LogP contribution in [-0.2, 0) is 0 Å². The third-order valence-electron chi connectivity index (χ3n) is 29.5. The van der Waals surface area contributed by atoms with E-state index in [1.54, 1.807) is 0 Å². The molecule has 0 N–H and O–H groups in total. The molecule has 3 nitrogen and oxygen atoms in total. The van der Waals surface area contributed by atoms with Crippen molar-refractivity contribution >= 4 is 195 Å². The summed E-state index contributed by atoms with van der Waals surface area (Å²) in [6.07, 6.45) is 0. The maximum absolute atomic E-state index is 6.64. The number of fused-ring (bicyclic) bond motifs is 24. The van der Waals surface area contributed by atoms with Gasteiger partial charge in [-0.15, -0.1) is 0 Å². The summed E-state index contributed by atoms with van der Waals surface area (Å²) < 4.78 is 19.6. The molecule has 3 aromatic heterocycles. The average molecular weight is 1790 g/mol. The number of hydrogen-bond acceptors (Lipinski definition) is 3. The van der Waals surface area contributed by atoms with Gasteiger partial charge in [0.2, 0.25) is 0 Å². The third kappa shape index (κ3) is 13.3. The number of furan rings is 3. The monoisotopic (exact) mass is 1790 g/mol. The standard InChI is InChI=1S/3C46H28O/c1-2-13-30(14-3-1)43-36-16-6-8-18-38(36)44(39-19-9-7-17-37(39)43)40-21-11-23-42-46(40)45-35(20-10-22-41(45)47-42)32-26-27-34-31(28-32)25-24-29-12-4-5-15-33(29)34;1-2-12-29(13-3-1)45-37-18-8-10-20-39(37)46(40-21-11-9-19-38(40)45)32-23-25-43-42(27-32)36-24-22-31(28-44(36)47-43)41-26-30-14-4-5-15-33(30)34-16-6-7-17-35(34)41;1-2-12-29(13-3-1)45-36-18-8-10-20-38(36)46(39-21-11-9-19-37(39)45)32-23-25-44-42(28-32)41-27-31(22-24-43(41)47-44)40-26-30-14-4-5-15-33(30)34-16-6-7-17-35(34)40/h3*1-28H. The SMILES string of the molecule is c1ccc(-c2c3ccccc3c(-c3ccc4oc5cc(-c6cc7ccccc7c7ccccc67)ccc5c4c3)c3ccccc23)cc1.c1ccc(-c2c3ccccc3c(-c3ccc4oc5ccc(-c6cc7ccccc7c7ccccc67)cc5c4c3)c3ccccc23)cc1.c1ccc(-c2c3ccccc3c(-c3cccc4oc5cccc(-c6ccc7c(ccc8ccccc87)c6)c5c34)c3ccccc23)cc1. The summed E-state index contributed by atoms with van der Waals surface area (Å²) >= 11 is 0. The van der Waals surface area contributed by atoms with Crippen molar-refractivity contribution in [2.45, 2.75) is 0 Å². The summed E-state index contributed by atoms with van der Waals surface area (Å²) in [5.74, 6) is 0. The minimum Gasteiger partial charge on any atom is -0.456 e. The Bertz CT molecular complexity index is 10200. The second-order valence-corrected chi connectivity index (χ2v) is 37.2. The van der Waals surface area contributed by atoms with Crippen LogP contribution in [0.5, 0.6) is 0 Å². The van der Waals surface area contributed by atoms with Crippen LogP contribution in [-0.4, -0.2) is 0 Å². The van der Waals surface area contributed by atoms with Gasteiger partial charge in [-0.05, 0) is 308 Å². The van der Waals surface area contributed by atoms with E-state index in [2.05, 4.69) is 510 Å². The van der Waals surface area contributed by atoms with Gasteiger partial charge in [-0.3, -0.25) is 0 Å². The smallest absolute Gasteiger partial charge is 0.136 e. The fourth-order valence-electron chi connectivity index (χ4n) is 23.3. The summed E-state index contributed by atoms with van der Waals surface area (Å²) in [6, 6.07) is 184. The summed E-state index contributed by atoms with van der Waals surface area (Å²) in [6.45, 7) is 0. The first-order valence-electron chi connectivity index (χ1n) is 48.6. The summed E-state index contributed by atoms with van der Waals surface area (Å²) in [7, 11) is 0. The molecular formula is C138H84O3. The number of rotatable bonds is 9. The van der Waals surface area contributed by atoms with Gasteiger partial charge >= 0.3 is 0 Å². The lowest BCUT2D eigenvalue weighted by molar-refractivity contribution is 0.668. The summed E-state index contributed by atoms with van der Waals surface area (Å²) in [4.78, 5) is 0. The number of hydrogen-bond donors (Lipinski definition) is 0. The van der Waals surface area contributed by atoms with Crippen molar-refractivity contribution in [3.8, 4) is 100 Å². The molecule has 141 heavy (non-hydrogen) atoms. The van der Waals surface area contributed by atoms with E-state index in [0.29, 0.717) is 0 Å². The maximum Gasteiger partial charge on any atom is 0.136 e. The molecule has 0 atom stereocenters. The Morgan fingerprint density at radius 3 is 0.787 bits per heavy atom. The van der Waals surface area contributed by atoms with E-state index in [0.717, 1.165) is 71.4 Å². The largest absolute Gasteiger partial charge is 0.456 e. The summed E-state index contributed by atoms with van der Waals surface area (Å²) in [5.41, 5.74) is 27.4. The molecular weight excluding hydrogens is 1710 g/mol. The van der Waals surface area contributed by atoms with Gasteiger partial charge in [0.25, 0.3) is 0 Å². The molecule has 0 saturated carbocycles.